The van der Waals surface area contributed by atoms with Crippen molar-refractivity contribution in [1.82, 2.24) is 0 Å². The molecule has 1 saturated heterocycles. The van der Waals surface area contributed by atoms with Crippen LogP contribution in [0.25, 0.3) is 0 Å². The van der Waals surface area contributed by atoms with Gasteiger partial charge in [0.1, 0.15) is 0 Å². The first-order valence-electron chi connectivity index (χ1n) is 16.3. The van der Waals surface area contributed by atoms with Gasteiger partial charge in [-0.15, -0.1) is 0 Å². The van der Waals surface area contributed by atoms with Crippen molar-refractivity contribution in [2.75, 3.05) is 0 Å². The average Bonchev–Trinajstić information content (AvgIpc) is 3.37. The lowest BCUT2D eigenvalue weighted by Crippen LogP contribution is -2.73. The Morgan fingerprint density at radius 1 is 0.850 bits per heavy atom. The van der Waals surface area contributed by atoms with Gasteiger partial charge in [-0.05, 0) is 93.3 Å². The first kappa shape index (κ1) is 29.4. The van der Waals surface area contributed by atoms with E-state index in [-0.39, 0.29) is 33.7 Å². The van der Waals surface area contributed by atoms with Crippen LogP contribution in [0.4, 0.5) is 0 Å². The van der Waals surface area contributed by atoms with E-state index in [4.69, 9.17) is 18.6 Å². The molecule has 1 aliphatic heterocycles. The van der Waals surface area contributed by atoms with Gasteiger partial charge in [-0.2, -0.15) is 0 Å². The van der Waals surface area contributed by atoms with Crippen molar-refractivity contribution < 1.29 is 18.6 Å². The molecule has 1 heterocycles. The lowest BCUT2D eigenvalue weighted by Gasteiger charge is -2.68. The fraction of sp³-hybridized carbons (Fsp3) is 0.829. The highest BCUT2D eigenvalue weighted by atomic mass is 28.4. The molecule has 1 aromatic rings. The van der Waals surface area contributed by atoms with Crippen molar-refractivity contribution >= 4 is 8.32 Å². The molecule has 0 amide bonds. The van der Waals surface area contributed by atoms with Crippen LogP contribution in [0.3, 0.4) is 0 Å². The zero-order chi connectivity index (χ0) is 28.8. The molecule has 1 aromatic carbocycles. The predicted octanol–water partition coefficient (Wildman–Crippen LogP) is 8.89. The Bertz CT molecular complexity index is 1080. The van der Waals surface area contributed by atoms with E-state index in [1.165, 1.54) is 44.1 Å². The van der Waals surface area contributed by atoms with E-state index in [9.17, 15) is 0 Å². The van der Waals surface area contributed by atoms with E-state index < -0.39 is 14.1 Å². The number of hydrogen-bond acceptors (Lipinski definition) is 4. The molecule has 5 heteroatoms. The van der Waals surface area contributed by atoms with Crippen LogP contribution < -0.4 is 0 Å². The second-order valence-electron chi connectivity index (χ2n) is 16.6. The van der Waals surface area contributed by atoms with Crippen LogP contribution in [-0.4, -0.2) is 38.0 Å². The molecule has 0 N–H and O–H groups in total. The molecule has 224 valence electrons. The van der Waals surface area contributed by atoms with E-state index in [0.717, 1.165) is 12.8 Å². The fourth-order valence-corrected chi connectivity index (χ4v) is 11.4. The Balaban J connectivity index is 1.43. The van der Waals surface area contributed by atoms with Gasteiger partial charge < -0.3 is 18.6 Å². The zero-order valence-electron chi connectivity index (χ0n) is 26.8. The molecule has 6 rings (SSSR count). The molecule has 7 unspecified atom stereocenters. The first-order valence-corrected chi connectivity index (χ1v) is 19.3. The molecule has 4 aliphatic carbocycles. The van der Waals surface area contributed by atoms with Gasteiger partial charge in [0.15, 0.2) is 14.1 Å². The van der Waals surface area contributed by atoms with Gasteiger partial charge in [0.05, 0.1) is 30.5 Å². The Morgan fingerprint density at radius 3 is 2.25 bits per heavy atom. The van der Waals surface area contributed by atoms with Crippen molar-refractivity contribution in [1.29, 1.82) is 0 Å². The van der Waals surface area contributed by atoms with Crippen molar-refractivity contribution in [3.63, 3.8) is 0 Å². The van der Waals surface area contributed by atoms with E-state index in [2.05, 4.69) is 91.9 Å². The second kappa shape index (κ2) is 9.64. The maximum atomic E-state index is 7.49. The number of ether oxygens (including phenoxy) is 3. The maximum Gasteiger partial charge on any atom is 0.192 e. The molecule has 0 radical (unpaired) electrons. The normalized spacial score (nSPS) is 44.4. The van der Waals surface area contributed by atoms with Gasteiger partial charge in [-0.3, -0.25) is 0 Å². The lowest BCUT2D eigenvalue weighted by atomic mass is 9.41. The van der Waals surface area contributed by atoms with Crippen molar-refractivity contribution in [3.8, 4) is 0 Å². The van der Waals surface area contributed by atoms with Crippen LogP contribution in [0, 0.1) is 28.6 Å². The van der Waals surface area contributed by atoms with Crippen molar-refractivity contribution in [3.05, 3.63) is 35.9 Å². The Labute approximate surface area is 245 Å². The molecular weight excluding hydrogens is 512 g/mol. The first-order chi connectivity index (χ1) is 18.6. The van der Waals surface area contributed by atoms with E-state index in [1.807, 2.05) is 0 Å². The Hall–Kier alpha value is -0.723. The van der Waals surface area contributed by atoms with Crippen molar-refractivity contribution in [2.45, 2.75) is 154 Å². The quantitative estimate of drug-likeness (QED) is 0.332. The van der Waals surface area contributed by atoms with Gasteiger partial charge >= 0.3 is 0 Å². The summed E-state index contributed by atoms with van der Waals surface area (Å²) < 4.78 is 28.7. The number of hydrogen-bond donors (Lipinski definition) is 0. The molecule has 5 aliphatic rings. The SMILES string of the molecule is CC1(C)OC2C(O1)C1CCCC[C@]1(C)C1(OCc3ccccc3)CC[C@]3(C)C(O[Si](C)(C)C(C)(C)C)CCC3C21. The molecule has 5 fully saturated rings. The highest BCUT2D eigenvalue weighted by Gasteiger charge is 2.75. The summed E-state index contributed by atoms with van der Waals surface area (Å²) in [5.74, 6) is 0.753. The van der Waals surface area contributed by atoms with Crippen LogP contribution in [0.2, 0.25) is 18.1 Å². The van der Waals surface area contributed by atoms with Gasteiger partial charge in [0.25, 0.3) is 0 Å². The minimum absolute atomic E-state index is 0.0787. The van der Waals surface area contributed by atoms with Crippen LogP contribution in [0.5, 0.6) is 0 Å². The highest BCUT2D eigenvalue weighted by molar-refractivity contribution is 6.74. The minimum Gasteiger partial charge on any atom is -0.413 e. The third-order valence-corrected chi connectivity index (χ3v) is 17.6. The highest BCUT2D eigenvalue weighted by Crippen LogP contribution is 2.71. The topological polar surface area (TPSA) is 36.9 Å². The van der Waals surface area contributed by atoms with Crippen LogP contribution in [0.1, 0.15) is 105 Å². The zero-order valence-corrected chi connectivity index (χ0v) is 27.8. The summed E-state index contributed by atoms with van der Waals surface area (Å²) in [5.41, 5.74) is 1.28. The molecule has 0 spiro atoms. The molecule has 4 saturated carbocycles. The molecule has 9 atom stereocenters. The Kier molecular flexibility index (Phi) is 7.07. The third kappa shape index (κ3) is 4.34. The van der Waals surface area contributed by atoms with E-state index in [1.54, 1.807) is 0 Å². The van der Waals surface area contributed by atoms with Crippen molar-refractivity contribution in [2.24, 2.45) is 28.6 Å². The summed E-state index contributed by atoms with van der Waals surface area (Å²) in [6.07, 6.45) is 10.2. The smallest absolute Gasteiger partial charge is 0.192 e. The molecule has 40 heavy (non-hydrogen) atoms. The molecule has 0 aromatic heterocycles. The van der Waals surface area contributed by atoms with Crippen LogP contribution in [0.15, 0.2) is 30.3 Å². The van der Waals surface area contributed by atoms with Gasteiger partial charge in [0.2, 0.25) is 0 Å². The van der Waals surface area contributed by atoms with Gasteiger partial charge in [0, 0.05) is 11.3 Å². The summed E-state index contributed by atoms with van der Waals surface area (Å²) in [5, 5.41) is 0.212. The lowest BCUT2D eigenvalue weighted by molar-refractivity contribution is -0.297. The van der Waals surface area contributed by atoms with Crippen LogP contribution in [-0.2, 0) is 25.2 Å². The monoisotopic (exact) mass is 568 g/mol. The summed E-state index contributed by atoms with van der Waals surface area (Å²) in [6, 6.07) is 10.8. The van der Waals surface area contributed by atoms with Crippen LogP contribution >= 0.6 is 0 Å². The van der Waals surface area contributed by atoms with E-state index >= 15 is 0 Å². The van der Waals surface area contributed by atoms with Gasteiger partial charge in [-0.1, -0.05) is 77.8 Å². The minimum atomic E-state index is -1.89. The molecular formula is C35H56O4Si. The maximum absolute atomic E-state index is 7.49. The number of benzene rings is 1. The fourth-order valence-electron chi connectivity index (χ4n) is 9.94. The Morgan fingerprint density at radius 2 is 1.55 bits per heavy atom. The third-order valence-electron chi connectivity index (χ3n) is 13.1. The average molecular weight is 569 g/mol. The summed E-state index contributed by atoms with van der Waals surface area (Å²) in [7, 11) is -1.89. The standard InChI is InChI=1S/C35H56O4Si/c1-31(2,3)40(8,9)39-27-19-18-25-28-30-29(37-32(4,5)38-30)26-17-13-14-20-34(26,7)35(28,22-21-33(25,27)6)36-23-24-15-11-10-12-16-24/h10-12,15-16,25-30H,13-14,17-23H2,1-9H3/t25?,26?,27?,28?,29?,30?,33-,34-,35?/m0/s1. The molecule has 0 bridgehead atoms. The number of fused-ring (bicyclic) bond motifs is 8. The predicted molar refractivity (Wildman–Crippen MR) is 163 cm³/mol. The summed E-state index contributed by atoms with van der Waals surface area (Å²) in [6.45, 7) is 22.1. The van der Waals surface area contributed by atoms with Gasteiger partial charge in [-0.25, -0.2) is 0 Å². The summed E-state index contributed by atoms with van der Waals surface area (Å²) >= 11 is 0. The molecule has 4 nitrogen and oxygen atoms in total. The second-order valence-corrected chi connectivity index (χ2v) is 21.3. The number of rotatable bonds is 5. The summed E-state index contributed by atoms with van der Waals surface area (Å²) in [4.78, 5) is 0. The van der Waals surface area contributed by atoms with E-state index in [0.29, 0.717) is 30.5 Å². The largest absolute Gasteiger partial charge is 0.413 e.